The number of rotatable bonds is 5. The van der Waals surface area contributed by atoms with Crippen molar-refractivity contribution in [1.29, 1.82) is 0 Å². The Balaban J connectivity index is 1.47. The monoisotopic (exact) mass is 473 g/mol. The average molecular weight is 474 g/mol. The van der Waals surface area contributed by atoms with Crippen molar-refractivity contribution in [3.63, 3.8) is 0 Å². The summed E-state index contributed by atoms with van der Waals surface area (Å²) in [6.45, 7) is -0.287. The molecule has 0 aromatic heterocycles. The van der Waals surface area contributed by atoms with E-state index in [-0.39, 0.29) is 18.5 Å². The van der Waals surface area contributed by atoms with Gasteiger partial charge in [0.25, 0.3) is 17.6 Å². The van der Waals surface area contributed by atoms with Crippen LogP contribution in [0.3, 0.4) is 0 Å². The van der Waals surface area contributed by atoms with Crippen molar-refractivity contribution in [2.75, 3.05) is 18.6 Å². The highest BCUT2D eigenvalue weighted by Gasteiger charge is 2.39. The number of hydrogen-bond acceptors (Lipinski definition) is 5. The van der Waals surface area contributed by atoms with E-state index >= 15 is 0 Å². The molecule has 0 saturated heterocycles. The third-order valence-corrected chi connectivity index (χ3v) is 6.27. The number of carbonyl (C=O) groups is 3. The van der Waals surface area contributed by atoms with Crippen molar-refractivity contribution in [2.24, 2.45) is 5.10 Å². The molecule has 3 aromatic rings. The first-order chi connectivity index (χ1) is 16.5. The fraction of sp³-hybridized carbons (Fsp3) is 0.154. The molecule has 0 radical (unpaired) electrons. The highest BCUT2D eigenvalue weighted by atomic mass is 35.5. The minimum absolute atomic E-state index is 0.287. The van der Waals surface area contributed by atoms with Gasteiger partial charge in [-0.3, -0.25) is 19.3 Å². The molecule has 1 unspecified atom stereocenters. The number of carbonyl (C=O) groups excluding carboxylic acids is 3. The van der Waals surface area contributed by atoms with E-state index in [1.54, 1.807) is 43.5 Å². The van der Waals surface area contributed by atoms with Gasteiger partial charge in [-0.1, -0.05) is 35.9 Å². The van der Waals surface area contributed by atoms with Crippen LogP contribution in [0.25, 0.3) is 0 Å². The molecule has 34 heavy (non-hydrogen) atoms. The van der Waals surface area contributed by atoms with Gasteiger partial charge in [0.2, 0.25) is 0 Å². The summed E-state index contributed by atoms with van der Waals surface area (Å²) in [5.74, 6) is -0.987. The van der Waals surface area contributed by atoms with Gasteiger partial charge in [0.05, 0.1) is 30.1 Å². The average Bonchev–Trinajstić information content (AvgIpc) is 3.41. The van der Waals surface area contributed by atoms with E-state index in [9.17, 15) is 14.4 Å². The predicted molar refractivity (Wildman–Crippen MR) is 128 cm³/mol. The molecule has 8 heteroatoms. The van der Waals surface area contributed by atoms with E-state index in [4.69, 9.17) is 16.3 Å². The van der Waals surface area contributed by atoms with Crippen LogP contribution in [0.5, 0.6) is 5.75 Å². The molecule has 2 aliphatic heterocycles. The number of hydrogen-bond donors (Lipinski definition) is 0. The number of Topliss-reactive ketones (excluding diaryl/α,β-unsaturated/α-hetero) is 1. The van der Waals surface area contributed by atoms with Gasteiger partial charge in [0.1, 0.15) is 12.3 Å². The fourth-order valence-corrected chi connectivity index (χ4v) is 4.38. The molecule has 2 aliphatic rings. The summed E-state index contributed by atoms with van der Waals surface area (Å²) in [6.07, 6.45) is 0.489. The summed E-state index contributed by atoms with van der Waals surface area (Å²) in [6, 6.07) is 21.0. The quantitative estimate of drug-likeness (QED) is 0.519. The predicted octanol–water partition coefficient (Wildman–Crippen LogP) is 4.26. The minimum atomic E-state index is -0.712. The third-order valence-electron chi connectivity index (χ3n) is 6.02. The maximum Gasteiger partial charge on any atom is 0.299 e. The van der Waals surface area contributed by atoms with Crippen LogP contribution in [0.1, 0.15) is 33.9 Å². The Labute approximate surface area is 201 Å². The third kappa shape index (κ3) is 3.84. The van der Waals surface area contributed by atoms with Gasteiger partial charge in [-0.15, -0.1) is 0 Å². The Morgan fingerprint density at radius 2 is 1.74 bits per heavy atom. The van der Waals surface area contributed by atoms with Crippen LogP contribution >= 0.6 is 11.6 Å². The van der Waals surface area contributed by atoms with Gasteiger partial charge in [-0.05, 0) is 59.7 Å². The molecule has 3 aromatic carbocycles. The van der Waals surface area contributed by atoms with E-state index in [0.717, 1.165) is 22.6 Å². The van der Waals surface area contributed by atoms with E-state index < -0.39 is 11.7 Å². The lowest BCUT2D eigenvalue weighted by Gasteiger charge is -2.24. The Morgan fingerprint density at radius 1 is 1.03 bits per heavy atom. The summed E-state index contributed by atoms with van der Waals surface area (Å²) >= 11 is 6.06. The number of fused-ring (bicyclic) bond motifs is 1. The zero-order valence-electron chi connectivity index (χ0n) is 18.3. The summed E-state index contributed by atoms with van der Waals surface area (Å²) in [4.78, 5) is 39.6. The van der Waals surface area contributed by atoms with E-state index in [1.165, 1.54) is 9.91 Å². The molecule has 0 saturated carbocycles. The normalized spacial score (nSPS) is 17.1. The number of para-hydroxylation sites is 1. The van der Waals surface area contributed by atoms with Gasteiger partial charge in [0, 0.05) is 11.4 Å². The highest BCUT2D eigenvalue weighted by Crippen LogP contribution is 2.35. The second kappa shape index (κ2) is 8.76. The Hall–Kier alpha value is -3.97. The van der Waals surface area contributed by atoms with Crippen LogP contribution in [0.4, 0.5) is 5.69 Å². The topological polar surface area (TPSA) is 79.3 Å². The molecule has 2 amide bonds. The fourth-order valence-electron chi connectivity index (χ4n) is 4.26. The second-order valence-corrected chi connectivity index (χ2v) is 8.46. The smallest absolute Gasteiger partial charge is 0.299 e. The first-order valence-electron chi connectivity index (χ1n) is 10.7. The minimum Gasteiger partial charge on any atom is -0.497 e. The van der Waals surface area contributed by atoms with Crippen molar-refractivity contribution < 1.29 is 19.1 Å². The SMILES string of the molecule is COc1ccc(C2=NN(C(=O)CN3C(=O)C(=O)c4ccccc43)C(c3ccc(Cl)cc3)C2)cc1. The van der Waals surface area contributed by atoms with Crippen LogP contribution in [0, 0.1) is 0 Å². The number of anilines is 1. The van der Waals surface area contributed by atoms with E-state index in [0.29, 0.717) is 22.7 Å². The maximum atomic E-state index is 13.5. The zero-order chi connectivity index (χ0) is 23.8. The highest BCUT2D eigenvalue weighted by molar-refractivity contribution is 6.52. The summed E-state index contributed by atoms with van der Waals surface area (Å²) < 4.78 is 5.23. The first kappa shape index (κ1) is 21.9. The summed E-state index contributed by atoms with van der Waals surface area (Å²) in [5, 5.41) is 6.64. The molecule has 5 rings (SSSR count). The number of hydrazone groups is 1. The number of ether oxygens (including phenoxy) is 1. The van der Waals surface area contributed by atoms with Crippen LogP contribution in [0.2, 0.25) is 5.02 Å². The summed E-state index contributed by atoms with van der Waals surface area (Å²) in [5.41, 5.74) is 3.22. The molecular formula is C26H20ClN3O4. The molecule has 1 atom stereocenters. The Bertz CT molecular complexity index is 1320. The molecule has 0 fully saturated rings. The number of ketones is 1. The maximum absolute atomic E-state index is 13.5. The molecule has 7 nitrogen and oxygen atoms in total. The lowest BCUT2D eigenvalue weighted by molar-refractivity contribution is -0.132. The van der Waals surface area contributed by atoms with Crippen molar-refractivity contribution in [3.8, 4) is 5.75 Å². The Kier molecular flexibility index (Phi) is 5.63. The number of amides is 2. The molecule has 0 bridgehead atoms. The standard InChI is InChI=1S/C26H20ClN3O4/c1-34-19-12-8-16(9-13-19)21-14-23(17-6-10-18(27)11-7-17)30(28-21)24(31)15-29-22-5-3-2-4-20(22)25(32)26(29)33/h2-13,23H,14-15H2,1H3. The van der Waals surface area contributed by atoms with Crippen molar-refractivity contribution >= 4 is 40.6 Å². The lowest BCUT2D eigenvalue weighted by Crippen LogP contribution is -2.40. The molecule has 170 valence electrons. The van der Waals surface area contributed by atoms with Crippen LogP contribution in [0.15, 0.2) is 77.9 Å². The van der Waals surface area contributed by atoms with Gasteiger partial charge in [-0.2, -0.15) is 5.10 Å². The van der Waals surface area contributed by atoms with Gasteiger partial charge < -0.3 is 4.74 Å². The van der Waals surface area contributed by atoms with Gasteiger partial charge >= 0.3 is 0 Å². The van der Waals surface area contributed by atoms with Crippen LogP contribution < -0.4 is 9.64 Å². The Morgan fingerprint density at radius 3 is 2.44 bits per heavy atom. The number of nitrogens with zero attached hydrogens (tertiary/aromatic N) is 3. The number of benzene rings is 3. The molecule has 0 spiro atoms. The van der Waals surface area contributed by atoms with E-state index in [2.05, 4.69) is 5.10 Å². The van der Waals surface area contributed by atoms with Crippen molar-refractivity contribution in [3.05, 3.63) is 94.5 Å². The summed E-state index contributed by atoms with van der Waals surface area (Å²) in [7, 11) is 1.60. The number of halogens is 1. The van der Waals surface area contributed by atoms with Crippen LogP contribution in [-0.4, -0.2) is 42.0 Å². The van der Waals surface area contributed by atoms with Crippen molar-refractivity contribution in [2.45, 2.75) is 12.5 Å². The van der Waals surface area contributed by atoms with Gasteiger partial charge in [0.15, 0.2) is 0 Å². The molecular weight excluding hydrogens is 454 g/mol. The first-order valence-corrected chi connectivity index (χ1v) is 11.1. The molecule has 2 heterocycles. The van der Waals surface area contributed by atoms with Gasteiger partial charge in [-0.25, -0.2) is 5.01 Å². The van der Waals surface area contributed by atoms with Crippen molar-refractivity contribution in [1.82, 2.24) is 5.01 Å². The molecule has 0 aliphatic carbocycles. The lowest BCUT2D eigenvalue weighted by atomic mass is 9.98. The van der Waals surface area contributed by atoms with E-state index in [1.807, 2.05) is 36.4 Å². The number of methoxy groups -OCH3 is 1. The second-order valence-electron chi connectivity index (χ2n) is 8.02. The van der Waals surface area contributed by atoms with Crippen LogP contribution in [-0.2, 0) is 9.59 Å². The zero-order valence-corrected chi connectivity index (χ0v) is 19.0. The largest absolute Gasteiger partial charge is 0.497 e. The molecule has 0 N–H and O–H groups in total.